The van der Waals surface area contributed by atoms with E-state index in [1.54, 1.807) is 13.3 Å². The molecule has 160 valence electrons. The SMILES string of the molecule is COc1ccccc1N1C(=S)NC(c2ccccn2)C1c1ccc(-c2ccc(Br)cc2)o1. The number of pyridine rings is 1. The molecule has 0 aliphatic carbocycles. The number of anilines is 1. The highest BCUT2D eigenvalue weighted by molar-refractivity contribution is 9.10. The molecule has 1 saturated heterocycles. The van der Waals surface area contributed by atoms with Crippen molar-refractivity contribution in [2.45, 2.75) is 12.1 Å². The fourth-order valence-electron chi connectivity index (χ4n) is 4.01. The number of halogens is 1. The zero-order chi connectivity index (χ0) is 22.1. The van der Waals surface area contributed by atoms with E-state index in [1.165, 1.54) is 0 Å². The largest absolute Gasteiger partial charge is 0.495 e. The van der Waals surface area contributed by atoms with Crippen LogP contribution in [-0.4, -0.2) is 17.2 Å². The molecule has 2 aromatic heterocycles. The Labute approximate surface area is 200 Å². The van der Waals surface area contributed by atoms with Crippen molar-refractivity contribution in [3.63, 3.8) is 0 Å². The summed E-state index contributed by atoms with van der Waals surface area (Å²) in [4.78, 5) is 6.64. The molecule has 0 bridgehead atoms. The molecule has 2 unspecified atom stereocenters. The minimum atomic E-state index is -0.238. The Hall–Kier alpha value is -3.16. The van der Waals surface area contributed by atoms with E-state index in [0.29, 0.717) is 5.11 Å². The number of rotatable bonds is 5. The second-order valence-corrected chi connectivity index (χ2v) is 8.68. The average Bonchev–Trinajstić information content (AvgIpc) is 3.44. The van der Waals surface area contributed by atoms with Gasteiger partial charge in [-0.25, -0.2) is 0 Å². The smallest absolute Gasteiger partial charge is 0.174 e. The number of nitrogens with zero attached hydrogens (tertiary/aromatic N) is 2. The fourth-order valence-corrected chi connectivity index (χ4v) is 4.62. The Morgan fingerprint density at radius 3 is 2.53 bits per heavy atom. The molecule has 1 aliphatic heterocycles. The van der Waals surface area contributed by atoms with Crippen LogP contribution < -0.4 is 15.0 Å². The van der Waals surface area contributed by atoms with E-state index in [0.717, 1.165) is 38.7 Å². The third-order valence-corrected chi connectivity index (χ3v) is 6.33. The summed E-state index contributed by atoms with van der Waals surface area (Å²) >= 11 is 9.27. The summed E-state index contributed by atoms with van der Waals surface area (Å²) in [5, 5.41) is 4.04. The van der Waals surface area contributed by atoms with Crippen LogP contribution in [-0.2, 0) is 0 Å². The zero-order valence-electron chi connectivity index (χ0n) is 17.2. The van der Waals surface area contributed by atoms with Crippen LogP contribution in [0.15, 0.2) is 93.9 Å². The molecule has 0 spiro atoms. The number of aromatic nitrogens is 1. The molecule has 32 heavy (non-hydrogen) atoms. The highest BCUT2D eigenvalue weighted by Crippen LogP contribution is 2.45. The Kier molecular flexibility index (Phi) is 5.68. The normalized spacial score (nSPS) is 17.9. The van der Waals surface area contributed by atoms with Crippen molar-refractivity contribution < 1.29 is 9.15 Å². The molecule has 0 amide bonds. The van der Waals surface area contributed by atoms with E-state index in [-0.39, 0.29) is 12.1 Å². The van der Waals surface area contributed by atoms with Crippen molar-refractivity contribution in [1.29, 1.82) is 0 Å². The molecule has 7 heteroatoms. The Morgan fingerprint density at radius 1 is 1.00 bits per heavy atom. The predicted molar refractivity (Wildman–Crippen MR) is 133 cm³/mol. The second-order valence-electron chi connectivity index (χ2n) is 7.38. The van der Waals surface area contributed by atoms with Crippen molar-refractivity contribution >= 4 is 38.9 Å². The van der Waals surface area contributed by atoms with E-state index in [2.05, 4.69) is 31.1 Å². The summed E-state index contributed by atoms with van der Waals surface area (Å²) in [5.41, 5.74) is 2.77. The van der Waals surface area contributed by atoms with Crippen LogP contribution in [0.25, 0.3) is 11.3 Å². The lowest BCUT2D eigenvalue weighted by Crippen LogP contribution is -2.29. The molecule has 1 aliphatic rings. The van der Waals surface area contributed by atoms with Crippen LogP contribution >= 0.6 is 28.1 Å². The van der Waals surface area contributed by atoms with Crippen LogP contribution in [0.4, 0.5) is 5.69 Å². The molecule has 3 heterocycles. The maximum absolute atomic E-state index is 6.39. The first kappa shape index (κ1) is 20.7. The van der Waals surface area contributed by atoms with Crippen molar-refractivity contribution in [3.05, 3.63) is 101 Å². The number of ether oxygens (including phenoxy) is 1. The van der Waals surface area contributed by atoms with Gasteiger partial charge in [0.2, 0.25) is 0 Å². The van der Waals surface area contributed by atoms with Crippen molar-refractivity contribution in [3.8, 4) is 17.1 Å². The summed E-state index contributed by atoms with van der Waals surface area (Å²) in [5.74, 6) is 2.32. The Morgan fingerprint density at radius 2 is 1.78 bits per heavy atom. The predicted octanol–water partition coefficient (Wildman–Crippen LogP) is 6.29. The molecule has 4 aromatic rings. The quantitative estimate of drug-likeness (QED) is 0.321. The summed E-state index contributed by atoms with van der Waals surface area (Å²) in [7, 11) is 1.66. The molecule has 5 nitrogen and oxygen atoms in total. The number of para-hydroxylation sites is 2. The topological polar surface area (TPSA) is 50.5 Å². The van der Waals surface area contributed by atoms with Crippen molar-refractivity contribution in [2.24, 2.45) is 0 Å². The summed E-state index contributed by atoms with van der Waals surface area (Å²) in [6.45, 7) is 0. The third kappa shape index (κ3) is 3.78. The average molecular weight is 506 g/mol. The van der Waals surface area contributed by atoms with Gasteiger partial charge in [-0.3, -0.25) is 4.98 Å². The number of benzene rings is 2. The first-order chi connectivity index (χ1) is 15.7. The Bertz CT molecular complexity index is 1240. The van der Waals surface area contributed by atoms with Crippen LogP contribution in [0.5, 0.6) is 5.75 Å². The van der Waals surface area contributed by atoms with E-state index < -0.39 is 0 Å². The van der Waals surface area contributed by atoms with Gasteiger partial charge in [-0.15, -0.1) is 0 Å². The molecule has 5 rings (SSSR count). The van der Waals surface area contributed by atoms with Crippen LogP contribution in [0.1, 0.15) is 23.5 Å². The first-order valence-corrected chi connectivity index (χ1v) is 11.3. The summed E-state index contributed by atoms with van der Waals surface area (Å²) < 4.78 is 13.1. The molecule has 0 saturated carbocycles. The molecular weight excluding hydrogens is 486 g/mol. The van der Waals surface area contributed by atoms with Crippen LogP contribution in [0, 0.1) is 0 Å². The van der Waals surface area contributed by atoms with Gasteiger partial charge in [0.1, 0.15) is 23.3 Å². The second kappa shape index (κ2) is 8.76. The van der Waals surface area contributed by atoms with Gasteiger partial charge in [0.15, 0.2) is 5.11 Å². The Balaban J connectivity index is 1.61. The van der Waals surface area contributed by atoms with E-state index >= 15 is 0 Å². The van der Waals surface area contributed by atoms with Gasteiger partial charge in [0.05, 0.1) is 24.5 Å². The number of thiocarbonyl (C=S) groups is 1. The highest BCUT2D eigenvalue weighted by atomic mass is 79.9. The summed E-state index contributed by atoms with van der Waals surface area (Å²) in [6, 6.07) is 25.4. The van der Waals surface area contributed by atoms with Crippen molar-refractivity contribution in [1.82, 2.24) is 10.3 Å². The summed E-state index contributed by atoms with van der Waals surface area (Å²) in [6.07, 6.45) is 1.79. The van der Waals surface area contributed by atoms with Gasteiger partial charge in [-0.2, -0.15) is 0 Å². The highest BCUT2D eigenvalue weighted by Gasteiger charge is 2.43. The fraction of sp³-hybridized carbons (Fsp3) is 0.120. The molecule has 2 aromatic carbocycles. The third-order valence-electron chi connectivity index (χ3n) is 5.49. The maximum Gasteiger partial charge on any atom is 0.174 e. The molecular formula is C25H20BrN3O2S. The minimum Gasteiger partial charge on any atom is -0.495 e. The van der Waals surface area contributed by atoms with Gasteiger partial charge < -0.3 is 19.4 Å². The lowest BCUT2D eigenvalue weighted by molar-refractivity contribution is 0.409. The monoisotopic (exact) mass is 505 g/mol. The number of furan rings is 1. The lowest BCUT2D eigenvalue weighted by Gasteiger charge is -2.27. The van der Waals surface area contributed by atoms with Crippen LogP contribution in [0.3, 0.4) is 0 Å². The maximum atomic E-state index is 6.39. The molecule has 0 radical (unpaired) electrons. The number of hydrogen-bond donors (Lipinski definition) is 1. The molecule has 2 atom stereocenters. The van der Waals surface area contributed by atoms with Gasteiger partial charge >= 0.3 is 0 Å². The molecule has 1 N–H and O–H groups in total. The minimum absolute atomic E-state index is 0.183. The molecule has 1 fully saturated rings. The number of methoxy groups -OCH3 is 1. The van der Waals surface area contributed by atoms with Gasteiger partial charge in [0, 0.05) is 16.2 Å². The first-order valence-electron chi connectivity index (χ1n) is 10.1. The lowest BCUT2D eigenvalue weighted by atomic mass is 10.0. The van der Waals surface area contributed by atoms with E-state index in [4.69, 9.17) is 21.4 Å². The van der Waals surface area contributed by atoms with E-state index in [1.807, 2.05) is 78.9 Å². The standard InChI is InChI=1S/C25H20BrN3O2S/c1-30-21-8-3-2-7-19(21)29-24(23(28-25(29)32)18-6-4-5-15-27-18)22-14-13-20(31-22)16-9-11-17(26)12-10-16/h2-15,23-24H,1H3,(H,28,32). The zero-order valence-corrected chi connectivity index (χ0v) is 19.6. The van der Waals surface area contributed by atoms with E-state index in [9.17, 15) is 0 Å². The number of nitrogens with one attached hydrogen (secondary N) is 1. The van der Waals surface area contributed by atoms with Crippen molar-refractivity contribution in [2.75, 3.05) is 12.0 Å². The van der Waals surface area contributed by atoms with Gasteiger partial charge in [-0.05, 0) is 60.7 Å². The number of hydrogen-bond acceptors (Lipinski definition) is 4. The van der Waals surface area contributed by atoms with Gasteiger partial charge in [0.25, 0.3) is 0 Å². The van der Waals surface area contributed by atoms with Crippen LogP contribution in [0.2, 0.25) is 0 Å². The van der Waals surface area contributed by atoms with Gasteiger partial charge in [-0.1, -0.05) is 46.3 Å².